The van der Waals surface area contributed by atoms with E-state index in [2.05, 4.69) is 4.98 Å². The third kappa shape index (κ3) is 1.71. The Kier molecular flexibility index (Phi) is 2.74. The molecule has 0 spiro atoms. The summed E-state index contributed by atoms with van der Waals surface area (Å²) < 4.78 is 32.1. The minimum absolute atomic E-state index is 0.0108. The zero-order valence-electron chi connectivity index (χ0n) is 8.33. The number of ether oxygens (including phenoxy) is 1. The maximum atomic E-state index is 13.8. The third-order valence-electron chi connectivity index (χ3n) is 2.05. The van der Waals surface area contributed by atoms with Gasteiger partial charge in [-0.15, -0.1) is 0 Å². The van der Waals surface area contributed by atoms with Gasteiger partial charge in [0.05, 0.1) is 17.6 Å². The van der Waals surface area contributed by atoms with Gasteiger partial charge >= 0.3 is 0 Å². The minimum atomic E-state index is -0.744. The summed E-state index contributed by atoms with van der Waals surface area (Å²) in [4.78, 5) is 4.09. The van der Waals surface area contributed by atoms with Crippen LogP contribution in [0.2, 0.25) is 0 Å². The molecule has 1 aromatic heterocycles. The molecule has 0 unspecified atom stereocenters. The van der Waals surface area contributed by atoms with Gasteiger partial charge in [-0.2, -0.15) is 0 Å². The van der Waals surface area contributed by atoms with Gasteiger partial charge < -0.3 is 10.5 Å². The Hall–Kier alpha value is -1.69. The molecule has 6 heteroatoms. The first-order chi connectivity index (χ1) is 7.63. The number of aromatic nitrogens is 1. The minimum Gasteiger partial charge on any atom is -0.494 e. The van der Waals surface area contributed by atoms with Crippen LogP contribution in [0.25, 0.3) is 10.4 Å². The van der Waals surface area contributed by atoms with Crippen molar-refractivity contribution in [2.45, 2.75) is 0 Å². The topological polar surface area (TPSA) is 48.1 Å². The van der Waals surface area contributed by atoms with Crippen molar-refractivity contribution in [2.75, 3.05) is 12.8 Å². The van der Waals surface area contributed by atoms with Gasteiger partial charge in [-0.3, -0.25) is 0 Å². The molecule has 0 fully saturated rings. The van der Waals surface area contributed by atoms with E-state index in [-0.39, 0.29) is 16.4 Å². The molecule has 16 heavy (non-hydrogen) atoms. The van der Waals surface area contributed by atoms with E-state index in [9.17, 15) is 8.78 Å². The van der Waals surface area contributed by atoms with Gasteiger partial charge in [0.15, 0.2) is 16.7 Å². The van der Waals surface area contributed by atoms with Gasteiger partial charge in [0, 0.05) is 6.20 Å². The lowest BCUT2D eigenvalue weighted by molar-refractivity contribution is 0.385. The van der Waals surface area contributed by atoms with Crippen molar-refractivity contribution in [2.24, 2.45) is 0 Å². The number of nitrogens with zero attached hydrogens (tertiary/aromatic N) is 1. The molecule has 2 aromatic rings. The highest BCUT2D eigenvalue weighted by atomic mass is 32.1. The highest BCUT2D eigenvalue weighted by molar-refractivity contribution is 7.18. The van der Waals surface area contributed by atoms with Crippen molar-refractivity contribution in [1.29, 1.82) is 0 Å². The largest absolute Gasteiger partial charge is 0.494 e. The number of methoxy groups -OCH3 is 1. The van der Waals surface area contributed by atoms with Gasteiger partial charge in [-0.1, -0.05) is 11.3 Å². The number of anilines is 1. The molecule has 3 nitrogen and oxygen atoms in total. The molecular formula is C10H8F2N2OS. The lowest BCUT2D eigenvalue weighted by atomic mass is 10.1. The fourth-order valence-electron chi connectivity index (χ4n) is 1.32. The van der Waals surface area contributed by atoms with Crippen LogP contribution in [0, 0.1) is 11.6 Å². The quantitative estimate of drug-likeness (QED) is 0.880. The second kappa shape index (κ2) is 4.05. The predicted octanol–water partition coefficient (Wildman–Crippen LogP) is 2.68. The first-order valence-electron chi connectivity index (χ1n) is 4.37. The standard InChI is InChI=1S/C10H8F2N2OS/c1-15-6-3-2-5(11)8(9(6)12)7-4-14-10(13)16-7/h2-4H,1H3,(H2,13,14). The fourth-order valence-corrected chi connectivity index (χ4v) is 2.05. The number of nitrogens with two attached hydrogens (primary N) is 1. The lowest BCUT2D eigenvalue weighted by Gasteiger charge is -2.06. The Bertz CT molecular complexity index is 528. The van der Waals surface area contributed by atoms with E-state index < -0.39 is 11.6 Å². The van der Waals surface area contributed by atoms with Crippen LogP contribution in [0.1, 0.15) is 0 Å². The Balaban J connectivity index is 2.63. The molecule has 1 aromatic carbocycles. The van der Waals surface area contributed by atoms with Crippen LogP contribution in [0.5, 0.6) is 5.75 Å². The molecule has 0 saturated heterocycles. The molecule has 0 amide bonds. The summed E-state index contributed by atoms with van der Waals surface area (Å²) in [5.74, 6) is -1.42. The maximum absolute atomic E-state index is 13.8. The van der Waals surface area contributed by atoms with E-state index in [0.717, 1.165) is 17.4 Å². The van der Waals surface area contributed by atoms with Crippen LogP contribution in [-0.2, 0) is 0 Å². The highest BCUT2D eigenvalue weighted by Gasteiger charge is 2.17. The predicted molar refractivity (Wildman–Crippen MR) is 58.4 cm³/mol. The zero-order valence-corrected chi connectivity index (χ0v) is 9.15. The number of halogens is 2. The van der Waals surface area contributed by atoms with Crippen molar-refractivity contribution in [1.82, 2.24) is 4.98 Å². The highest BCUT2D eigenvalue weighted by Crippen LogP contribution is 2.35. The number of rotatable bonds is 2. The zero-order chi connectivity index (χ0) is 11.7. The van der Waals surface area contributed by atoms with Crippen molar-refractivity contribution in [3.63, 3.8) is 0 Å². The summed E-state index contributed by atoms with van der Waals surface area (Å²) in [6, 6.07) is 2.38. The number of hydrogen-bond donors (Lipinski definition) is 1. The smallest absolute Gasteiger partial charge is 0.180 e. The van der Waals surface area contributed by atoms with Crippen LogP contribution in [0.3, 0.4) is 0 Å². The Morgan fingerprint density at radius 3 is 2.69 bits per heavy atom. The molecule has 0 aliphatic rings. The average molecular weight is 242 g/mol. The molecule has 84 valence electrons. The Labute approximate surface area is 94.5 Å². The molecule has 2 N–H and O–H groups in total. The number of benzene rings is 1. The first-order valence-corrected chi connectivity index (χ1v) is 5.18. The van der Waals surface area contributed by atoms with Gasteiger partial charge in [0.25, 0.3) is 0 Å². The molecule has 0 radical (unpaired) electrons. The van der Waals surface area contributed by atoms with Crippen LogP contribution in [0.15, 0.2) is 18.3 Å². The fraction of sp³-hybridized carbons (Fsp3) is 0.100. The summed E-state index contributed by atoms with van der Waals surface area (Å²) in [6.07, 6.45) is 1.33. The van der Waals surface area contributed by atoms with E-state index in [1.165, 1.54) is 19.4 Å². The van der Waals surface area contributed by atoms with Crippen molar-refractivity contribution in [3.8, 4) is 16.2 Å². The van der Waals surface area contributed by atoms with Gasteiger partial charge in [-0.05, 0) is 12.1 Å². The third-order valence-corrected chi connectivity index (χ3v) is 2.89. The second-order valence-electron chi connectivity index (χ2n) is 3.00. The molecule has 0 aliphatic carbocycles. The average Bonchev–Trinajstić information content (AvgIpc) is 2.65. The van der Waals surface area contributed by atoms with Crippen molar-refractivity contribution < 1.29 is 13.5 Å². The summed E-state index contributed by atoms with van der Waals surface area (Å²) in [5, 5.41) is 0.261. The van der Waals surface area contributed by atoms with Crippen LogP contribution in [0.4, 0.5) is 13.9 Å². The number of thiazole rings is 1. The number of hydrogen-bond acceptors (Lipinski definition) is 4. The normalized spacial score (nSPS) is 10.4. The van der Waals surface area contributed by atoms with Crippen molar-refractivity contribution >= 4 is 16.5 Å². The first kappa shape index (κ1) is 10.8. The van der Waals surface area contributed by atoms with E-state index in [4.69, 9.17) is 10.5 Å². The summed E-state index contributed by atoms with van der Waals surface area (Å²) in [6.45, 7) is 0. The van der Waals surface area contributed by atoms with E-state index >= 15 is 0 Å². The Morgan fingerprint density at radius 1 is 1.38 bits per heavy atom. The Morgan fingerprint density at radius 2 is 2.12 bits per heavy atom. The van der Waals surface area contributed by atoms with Gasteiger partial charge in [0.1, 0.15) is 5.82 Å². The van der Waals surface area contributed by atoms with Crippen molar-refractivity contribution in [3.05, 3.63) is 30.0 Å². The SMILES string of the molecule is COc1ccc(F)c(-c2cnc(N)s2)c1F. The molecule has 0 saturated carbocycles. The van der Waals surface area contributed by atoms with E-state index in [1.807, 2.05) is 0 Å². The van der Waals surface area contributed by atoms with E-state index in [0.29, 0.717) is 4.88 Å². The molecule has 0 aliphatic heterocycles. The summed E-state index contributed by atoms with van der Waals surface area (Å²) >= 11 is 1.02. The number of nitrogen functional groups attached to an aromatic ring is 1. The molecular weight excluding hydrogens is 234 g/mol. The summed E-state index contributed by atoms with van der Waals surface area (Å²) in [7, 11) is 1.32. The monoisotopic (exact) mass is 242 g/mol. The van der Waals surface area contributed by atoms with Crippen LogP contribution in [-0.4, -0.2) is 12.1 Å². The molecule has 1 heterocycles. The summed E-state index contributed by atoms with van der Waals surface area (Å²) in [5.41, 5.74) is 5.26. The molecule has 0 atom stereocenters. The van der Waals surface area contributed by atoms with Crippen LogP contribution < -0.4 is 10.5 Å². The van der Waals surface area contributed by atoms with Crippen LogP contribution >= 0.6 is 11.3 Å². The van der Waals surface area contributed by atoms with Gasteiger partial charge in [0.2, 0.25) is 0 Å². The second-order valence-corrected chi connectivity index (χ2v) is 4.06. The molecule has 2 rings (SSSR count). The maximum Gasteiger partial charge on any atom is 0.180 e. The molecule has 0 bridgehead atoms. The van der Waals surface area contributed by atoms with Gasteiger partial charge in [-0.25, -0.2) is 13.8 Å². The lowest BCUT2D eigenvalue weighted by Crippen LogP contribution is -1.93. The van der Waals surface area contributed by atoms with E-state index in [1.54, 1.807) is 0 Å².